The van der Waals surface area contributed by atoms with Gasteiger partial charge in [-0.15, -0.1) is 24.5 Å². The predicted octanol–water partition coefficient (Wildman–Crippen LogP) is 2.82. The lowest BCUT2D eigenvalue weighted by molar-refractivity contribution is -0.289. The zero-order valence-corrected chi connectivity index (χ0v) is 6.91. The Labute approximate surface area is 75.1 Å². The van der Waals surface area contributed by atoms with Crippen molar-refractivity contribution in [1.82, 2.24) is 0 Å². The van der Waals surface area contributed by atoms with E-state index in [0.717, 1.165) is 11.3 Å². The maximum absolute atomic E-state index is 11.5. The zero-order valence-electron chi connectivity index (χ0n) is 6.09. The Kier molecular flexibility index (Phi) is 2.76. The number of amides is 1. The molecule has 1 N–H and O–H groups in total. The fraction of sp³-hybridized carbons (Fsp3) is 0.167. The molecule has 1 heterocycles. The van der Waals surface area contributed by atoms with E-state index in [1.165, 1.54) is 6.07 Å². The molecule has 0 saturated carbocycles. The first-order chi connectivity index (χ1) is 5.97. The maximum Gasteiger partial charge on any atom is 0.576 e. The molecule has 0 saturated heterocycles. The highest BCUT2D eigenvalue weighted by molar-refractivity contribution is 7.14. The fourth-order valence-corrected chi connectivity index (χ4v) is 1.18. The molecule has 1 rings (SSSR count). The molecule has 0 fully saturated rings. The van der Waals surface area contributed by atoms with Gasteiger partial charge < -0.3 is 4.74 Å². The summed E-state index contributed by atoms with van der Waals surface area (Å²) in [5, 5.41) is 3.83. The van der Waals surface area contributed by atoms with Crippen molar-refractivity contribution in [3.8, 4) is 0 Å². The van der Waals surface area contributed by atoms with E-state index in [0.29, 0.717) is 5.00 Å². The number of hydrogen-bond donors (Lipinski definition) is 1. The van der Waals surface area contributed by atoms with Crippen molar-refractivity contribution in [2.24, 2.45) is 0 Å². The zero-order chi connectivity index (χ0) is 9.90. The third-order valence-corrected chi connectivity index (χ3v) is 1.74. The number of ether oxygens (including phenoxy) is 1. The Bertz CT molecular complexity index is 283. The molecule has 1 amide bonds. The number of alkyl halides is 3. The average Bonchev–Trinajstić information content (AvgIpc) is 2.34. The smallest absolute Gasteiger partial charge is 0.356 e. The van der Waals surface area contributed by atoms with Crippen molar-refractivity contribution in [3.05, 3.63) is 17.5 Å². The minimum absolute atomic E-state index is 0.300. The third kappa shape index (κ3) is 3.79. The second kappa shape index (κ2) is 3.65. The lowest BCUT2D eigenvalue weighted by Gasteiger charge is -2.06. The number of carbonyl (C=O) groups is 1. The summed E-state index contributed by atoms with van der Waals surface area (Å²) >= 11 is 1.10. The van der Waals surface area contributed by atoms with Crippen LogP contribution in [0, 0.1) is 0 Å². The van der Waals surface area contributed by atoms with Crippen LogP contribution in [0.1, 0.15) is 0 Å². The SMILES string of the molecule is O=C(Nc1cccs1)OC(F)(F)F. The molecule has 0 aliphatic rings. The van der Waals surface area contributed by atoms with E-state index in [1.807, 2.05) is 5.32 Å². The van der Waals surface area contributed by atoms with Gasteiger partial charge in [0.05, 0.1) is 5.00 Å². The van der Waals surface area contributed by atoms with Gasteiger partial charge >= 0.3 is 12.5 Å². The van der Waals surface area contributed by atoms with Gasteiger partial charge in [-0.1, -0.05) is 0 Å². The van der Waals surface area contributed by atoms with Crippen molar-refractivity contribution in [3.63, 3.8) is 0 Å². The third-order valence-electron chi connectivity index (χ3n) is 0.955. The summed E-state index contributed by atoms with van der Waals surface area (Å²) in [6.07, 6.45) is -6.48. The highest BCUT2D eigenvalue weighted by atomic mass is 32.1. The van der Waals surface area contributed by atoms with Crippen molar-refractivity contribution < 1.29 is 22.7 Å². The van der Waals surface area contributed by atoms with Gasteiger partial charge in [0, 0.05) is 0 Å². The lowest BCUT2D eigenvalue weighted by Crippen LogP contribution is -2.23. The number of hydrogen-bond acceptors (Lipinski definition) is 3. The van der Waals surface area contributed by atoms with Crippen LogP contribution >= 0.6 is 11.3 Å². The Hall–Kier alpha value is -1.24. The first-order valence-corrected chi connectivity index (χ1v) is 3.95. The van der Waals surface area contributed by atoms with E-state index in [4.69, 9.17) is 0 Å². The van der Waals surface area contributed by atoms with Crippen molar-refractivity contribution in [1.29, 1.82) is 0 Å². The summed E-state index contributed by atoms with van der Waals surface area (Å²) in [7, 11) is 0. The Morgan fingerprint density at radius 1 is 1.54 bits per heavy atom. The summed E-state index contributed by atoms with van der Waals surface area (Å²) in [5.74, 6) is 0. The number of anilines is 1. The second-order valence-corrected chi connectivity index (χ2v) is 2.89. The van der Waals surface area contributed by atoms with E-state index in [1.54, 1.807) is 11.4 Å². The van der Waals surface area contributed by atoms with Gasteiger partial charge in [0.1, 0.15) is 0 Å². The van der Waals surface area contributed by atoms with Crippen LogP contribution in [0.2, 0.25) is 0 Å². The minimum atomic E-state index is -4.94. The van der Waals surface area contributed by atoms with Crippen molar-refractivity contribution >= 4 is 22.4 Å². The van der Waals surface area contributed by atoms with Gasteiger partial charge in [-0.2, -0.15) is 0 Å². The van der Waals surface area contributed by atoms with Crippen LogP contribution in [-0.2, 0) is 4.74 Å². The molecular formula is C6H4F3NO2S. The van der Waals surface area contributed by atoms with Crippen LogP contribution in [-0.4, -0.2) is 12.5 Å². The van der Waals surface area contributed by atoms with E-state index in [9.17, 15) is 18.0 Å². The number of thiophene rings is 1. The summed E-state index contributed by atoms with van der Waals surface area (Å²) in [4.78, 5) is 10.5. The molecule has 72 valence electrons. The number of rotatable bonds is 1. The van der Waals surface area contributed by atoms with Crippen LogP contribution in [0.4, 0.5) is 23.0 Å². The molecule has 3 nitrogen and oxygen atoms in total. The average molecular weight is 211 g/mol. The summed E-state index contributed by atoms with van der Waals surface area (Å²) in [6, 6.07) is 3.05. The quantitative estimate of drug-likeness (QED) is 0.775. The molecule has 7 heteroatoms. The highest BCUT2D eigenvalue weighted by Crippen LogP contribution is 2.19. The molecule has 0 aliphatic carbocycles. The van der Waals surface area contributed by atoms with E-state index >= 15 is 0 Å². The Balaban J connectivity index is 2.43. The topological polar surface area (TPSA) is 38.3 Å². The van der Waals surface area contributed by atoms with Gasteiger partial charge in [-0.05, 0) is 17.5 Å². The minimum Gasteiger partial charge on any atom is -0.356 e. The van der Waals surface area contributed by atoms with E-state index < -0.39 is 12.5 Å². The normalized spacial score (nSPS) is 11.0. The van der Waals surface area contributed by atoms with Crippen LogP contribution in [0.5, 0.6) is 0 Å². The largest absolute Gasteiger partial charge is 0.576 e. The number of halogens is 3. The second-order valence-electron chi connectivity index (χ2n) is 1.94. The number of carbonyl (C=O) groups excluding carboxylic acids is 1. The Morgan fingerprint density at radius 3 is 2.69 bits per heavy atom. The highest BCUT2D eigenvalue weighted by Gasteiger charge is 2.34. The van der Waals surface area contributed by atoms with Crippen molar-refractivity contribution in [2.45, 2.75) is 6.36 Å². The monoisotopic (exact) mass is 211 g/mol. The molecule has 0 bridgehead atoms. The molecule has 0 aromatic carbocycles. The molecule has 13 heavy (non-hydrogen) atoms. The van der Waals surface area contributed by atoms with Crippen LogP contribution < -0.4 is 5.32 Å². The summed E-state index contributed by atoms with van der Waals surface area (Å²) < 4.78 is 37.4. The van der Waals surface area contributed by atoms with Gasteiger partial charge in [0.2, 0.25) is 0 Å². The molecule has 0 spiro atoms. The van der Waals surface area contributed by atoms with Crippen molar-refractivity contribution in [2.75, 3.05) is 5.32 Å². The molecule has 0 atom stereocenters. The molecule has 1 aromatic heterocycles. The first-order valence-electron chi connectivity index (χ1n) is 3.07. The van der Waals surface area contributed by atoms with Gasteiger partial charge in [0.15, 0.2) is 0 Å². The molecule has 0 unspecified atom stereocenters. The van der Waals surface area contributed by atoms with E-state index in [2.05, 4.69) is 4.74 Å². The maximum atomic E-state index is 11.5. The first kappa shape index (κ1) is 9.85. The fourth-order valence-electron chi connectivity index (χ4n) is 0.581. The van der Waals surface area contributed by atoms with E-state index in [-0.39, 0.29) is 0 Å². The lowest BCUT2D eigenvalue weighted by atomic mass is 10.6. The molecular weight excluding hydrogens is 207 g/mol. The molecule has 0 aliphatic heterocycles. The van der Waals surface area contributed by atoms with Crippen LogP contribution in [0.15, 0.2) is 17.5 Å². The summed E-state index contributed by atoms with van der Waals surface area (Å²) in [5.41, 5.74) is 0. The predicted molar refractivity (Wildman–Crippen MR) is 40.5 cm³/mol. The molecule has 1 aromatic rings. The standard InChI is InChI=1S/C6H4F3NO2S/c7-6(8,9)12-5(11)10-4-2-1-3-13-4/h1-3H,(H,10,11). The van der Waals surface area contributed by atoms with Gasteiger partial charge in [0.25, 0.3) is 0 Å². The van der Waals surface area contributed by atoms with Crippen LogP contribution in [0.25, 0.3) is 0 Å². The summed E-state index contributed by atoms with van der Waals surface area (Å²) in [6.45, 7) is 0. The van der Waals surface area contributed by atoms with Gasteiger partial charge in [-0.3, -0.25) is 5.32 Å². The van der Waals surface area contributed by atoms with Gasteiger partial charge in [-0.25, -0.2) is 4.79 Å². The molecule has 0 radical (unpaired) electrons. The number of nitrogens with one attached hydrogen (secondary N) is 1. The Morgan fingerprint density at radius 2 is 2.23 bits per heavy atom. The van der Waals surface area contributed by atoms with Crippen LogP contribution in [0.3, 0.4) is 0 Å².